The Bertz CT molecular complexity index is 379. The summed E-state index contributed by atoms with van der Waals surface area (Å²) in [4.78, 5) is 12.6. The van der Waals surface area contributed by atoms with Crippen LogP contribution in [0.15, 0.2) is 18.2 Å². The zero-order chi connectivity index (χ0) is 12.1. The fraction of sp³-hybridized carbons (Fsp3) is 0.364. The van der Waals surface area contributed by atoms with E-state index in [4.69, 9.17) is 11.5 Å². The number of carbonyl (C=O) groups is 1. The quantitative estimate of drug-likeness (QED) is 0.494. The number of likely N-dealkylation sites (N-methyl/N-ethyl adjacent to an activating group) is 1. The molecule has 5 N–H and O–H groups in total. The van der Waals surface area contributed by atoms with Crippen LogP contribution in [0, 0.1) is 0 Å². The molecule has 5 heteroatoms. The number of nitrogen functional groups attached to an aromatic ring is 1. The third-order valence-corrected chi connectivity index (χ3v) is 2.32. The van der Waals surface area contributed by atoms with Crippen LogP contribution in [0.4, 0.5) is 5.69 Å². The summed E-state index contributed by atoms with van der Waals surface area (Å²) >= 11 is 0. The summed E-state index contributed by atoms with van der Waals surface area (Å²) in [6.07, 6.45) is 0. The Hall–Kier alpha value is -1.75. The van der Waals surface area contributed by atoms with Gasteiger partial charge in [-0.1, -0.05) is 6.92 Å². The average Bonchev–Trinajstić information content (AvgIpc) is 2.21. The Morgan fingerprint density at radius 3 is 2.75 bits per heavy atom. The minimum atomic E-state index is -0.384. The lowest BCUT2D eigenvalue weighted by atomic mass is 10.1. The number of hydrogen-bond donors (Lipinski definition) is 3. The molecular weight excluding hydrogens is 206 g/mol. The second kappa shape index (κ2) is 5.37. The van der Waals surface area contributed by atoms with Crippen LogP contribution in [-0.4, -0.2) is 29.0 Å². The van der Waals surface area contributed by atoms with Gasteiger partial charge < -0.3 is 16.6 Å². The molecule has 0 bridgehead atoms. The van der Waals surface area contributed by atoms with E-state index in [1.165, 1.54) is 0 Å². The van der Waals surface area contributed by atoms with Gasteiger partial charge in [0.15, 0.2) is 0 Å². The highest BCUT2D eigenvalue weighted by Crippen LogP contribution is 2.21. The van der Waals surface area contributed by atoms with Gasteiger partial charge in [-0.2, -0.15) is 0 Å². The van der Waals surface area contributed by atoms with Gasteiger partial charge in [0, 0.05) is 17.8 Å². The maximum Gasteiger partial charge on any atom is 0.231 e. The van der Waals surface area contributed by atoms with E-state index in [2.05, 4.69) is 0 Å². The Morgan fingerprint density at radius 2 is 2.19 bits per heavy atom. The molecule has 1 amide bonds. The molecule has 1 rings (SSSR count). The molecule has 0 aliphatic carbocycles. The Kier molecular flexibility index (Phi) is 4.13. The first kappa shape index (κ1) is 12.3. The van der Waals surface area contributed by atoms with E-state index in [-0.39, 0.29) is 18.2 Å². The lowest BCUT2D eigenvalue weighted by Gasteiger charge is -2.19. The Morgan fingerprint density at radius 1 is 1.50 bits per heavy atom. The number of nitrogens with zero attached hydrogens (tertiary/aromatic N) is 1. The lowest BCUT2D eigenvalue weighted by Crippen LogP contribution is -2.33. The highest BCUT2D eigenvalue weighted by molar-refractivity contribution is 5.75. The van der Waals surface area contributed by atoms with Crippen LogP contribution in [0.3, 0.4) is 0 Å². The number of rotatable bonds is 5. The summed E-state index contributed by atoms with van der Waals surface area (Å²) in [5, 5.41) is 9.62. The van der Waals surface area contributed by atoms with Crippen molar-refractivity contribution in [2.75, 3.05) is 18.8 Å². The summed E-state index contributed by atoms with van der Waals surface area (Å²) in [6.45, 7) is 3.23. The molecule has 0 spiro atoms. The van der Waals surface area contributed by atoms with E-state index >= 15 is 0 Å². The van der Waals surface area contributed by atoms with Gasteiger partial charge in [0.05, 0.1) is 6.54 Å². The predicted molar refractivity (Wildman–Crippen MR) is 62.7 cm³/mol. The fourth-order valence-electron chi connectivity index (χ4n) is 1.47. The van der Waals surface area contributed by atoms with Gasteiger partial charge in [0.2, 0.25) is 5.91 Å². The number of benzene rings is 1. The van der Waals surface area contributed by atoms with Crippen molar-refractivity contribution in [3.8, 4) is 5.75 Å². The molecule has 0 aliphatic heterocycles. The molecule has 0 heterocycles. The van der Waals surface area contributed by atoms with Crippen molar-refractivity contribution < 1.29 is 9.90 Å². The van der Waals surface area contributed by atoms with Gasteiger partial charge in [-0.25, -0.2) is 0 Å². The SMILES string of the molecule is CCN(CC(N)=O)Cc1cc(N)ccc1O. The molecule has 0 atom stereocenters. The second-order valence-electron chi connectivity index (χ2n) is 3.66. The summed E-state index contributed by atoms with van der Waals surface area (Å²) < 4.78 is 0. The molecule has 1 aromatic carbocycles. The van der Waals surface area contributed by atoms with Gasteiger partial charge in [-0.3, -0.25) is 9.69 Å². The standard InChI is InChI=1S/C11H17N3O2/c1-2-14(7-11(13)16)6-8-5-9(12)3-4-10(8)15/h3-5,15H,2,6-7,12H2,1H3,(H2,13,16). The number of phenolic OH excluding ortho intramolecular Hbond substituents is 1. The first-order valence-electron chi connectivity index (χ1n) is 5.11. The number of carbonyl (C=O) groups excluding carboxylic acids is 1. The van der Waals surface area contributed by atoms with Crippen molar-refractivity contribution in [1.82, 2.24) is 4.90 Å². The zero-order valence-electron chi connectivity index (χ0n) is 9.31. The van der Waals surface area contributed by atoms with Gasteiger partial charge in [-0.15, -0.1) is 0 Å². The average molecular weight is 223 g/mol. The van der Waals surface area contributed by atoms with Gasteiger partial charge >= 0.3 is 0 Å². The predicted octanol–water partition coefficient (Wildman–Crippen LogP) is 0.282. The summed E-state index contributed by atoms with van der Waals surface area (Å²) in [6, 6.07) is 4.87. The van der Waals surface area contributed by atoms with Crippen molar-refractivity contribution in [3.05, 3.63) is 23.8 Å². The molecule has 0 unspecified atom stereocenters. The number of amides is 1. The number of nitrogens with two attached hydrogens (primary N) is 2. The highest BCUT2D eigenvalue weighted by Gasteiger charge is 2.09. The molecule has 0 aliphatic rings. The molecule has 88 valence electrons. The molecule has 16 heavy (non-hydrogen) atoms. The van der Waals surface area contributed by atoms with Crippen molar-refractivity contribution in [2.24, 2.45) is 5.73 Å². The molecule has 0 aromatic heterocycles. The van der Waals surface area contributed by atoms with E-state index in [9.17, 15) is 9.90 Å². The van der Waals surface area contributed by atoms with Crippen LogP contribution in [0.1, 0.15) is 12.5 Å². The second-order valence-corrected chi connectivity index (χ2v) is 3.66. The van der Waals surface area contributed by atoms with Crippen molar-refractivity contribution in [1.29, 1.82) is 0 Å². The smallest absolute Gasteiger partial charge is 0.231 e. The summed E-state index contributed by atoms with van der Waals surface area (Å²) in [5.41, 5.74) is 12.0. The van der Waals surface area contributed by atoms with Crippen molar-refractivity contribution >= 4 is 11.6 Å². The number of hydrogen-bond acceptors (Lipinski definition) is 4. The largest absolute Gasteiger partial charge is 0.508 e. The summed E-state index contributed by atoms with van der Waals surface area (Å²) in [7, 11) is 0. The molecule has 0 saturated heterocycles. The normalized spacial score (nSPS) is 10.6. The monoisotopic (exact) mass is 223 g/mol. The molecule has 1 aromatic rings. The fourth-order valence-corrected chi connectivity index (χ4v) is 1.47. The van der Waals surface area contributed by atoms with Crippen LogP contribution < -0.4 is 11.5 Å². The number of anilines is 1. The van der Waals surface area contributed by atoms with Gasteiger partial charge in [0.1, 0.15) is 5.75 Å². The molecule has 0 saturated carbocycles. The molecule has 0 fully saturated rings. The first-order valence-corrected chi connectivity index (χ1v) is 5.11. The van der Waals surface area contributed by atoms with E-state index in [1.807, 2.05) is 11.8 Å². The van der Waals surface area contributed by atoms with E-state index in [0.717, 1.165) is 0 Å². The van der Waals surface area contributed by atoms with E-state index in [0.29, 0.717) is 24.3 Å². The number of aromatic hydroxyl groups is 1. The van der Waals surface area contributed by atoms with Crippen molar-refractivity contribution in [2.45, 2.75) is 13.5 Å². The van der Waals surface area contributed by atoms with Crippen molar-refractivity contribution in [3.63, 3.8) is 0 Å². The minimum absolute atomic E-state index is 0.171. The maximum atomic E-state index is 10.8. The first-order chi connectivity index (χ1) is 7.52. The molecular formula is C11H17N3O2. The summed E-state index contributed by atoms with van der Waals surface area (Å²) in [5.74, 6) is -0.206. The van der Waals surface area contributed by atoms with Gasteiger partial charge in [-0.05, 0) is 24.7 Å². The Labute approximate surface area is 94.7 Å². The van der Waals surface area contributed by atoms with Gasteiger partial charge in [0.25, 0.3) is 0 Å². The zero-order valence-corrected chi connectivity index (χ0v) is 9.31. The lowest BCUT2D eigenvalue weighted by molar-refractivity contribution is -0.119. The van der Waals surface area contributed by atoms with Crippen LogP contribution in [0.2, 0.25) is 0 Å². The third-order valence-electron chi connectivity index (χ3n) is 2.32. The third kappa shape index (κ3) is 3.43. The molecule has 0 radical (unpaired) electrons. The van der Waals surface area contributed by atoms with E-state index < -0.39 is 0 Å². The topological polar surface area (TPSA) is 92.6 Å². The van der Waals surface area contributed by atoms with E-state index in [1.54, 1.807) is 18.2 Å². The van der Waals surface area contributed by atoms with Crippen LogP contribution in [0.25, 0.3) is 0 Å². The van der Waals surface area contributed by atoms with Crippen LogP contribution in [0.5, 0.6) is 5.75 Å². The minimum Gasteiger partial charge on any atom is -0.508 e. The highest BCUT2D eigenvalue weighted by atomic mass is 16.3. The Balaban J connectivity index is 2.77. The van der Waals surface area contributed by atoms with Crippen LogP contribution in [-0.2, 0) is 11.3 Å². The maximum absolute atomic E-state index is 10.8. The van der Waals surface area contributed by atoms with Crippen LogP contribution >= 0.6 is 0 Å². The molecule has 5 nitrogen and oxygen atoms in total. The number of phenols is 1. The number of primary amides is 1.